The minimum Gasteiger partial charge on any atom is -0.454 e. The van der Waals surface area contributed by atoms with Crippen molar-refractivity contribution in [2.75, 3.05) is 11.9 Å². The second-order valence-electron chi connectivity index (χ2n) is 7.65. The maximum Gasteiger partial charge on any atom is 0.330 e. The molecule has 0 spiro atoms. The Morgan fingerprint density at radius 3 is 1.94 bits per heavy atom. The van der Waals surface area contributed by atoms with Gasteiger partial charge in [-0.2, -0.15) is 0 Å². The summed E-state index contributed by atoms with van der Waals surface area (Å²) in [4.78, 5) is 52.0. The summed E-state index contributed by atoms with van der Waals surface area (Å²) in [5.74, 6) is -3.79. The molecule has 7 nitrogen and oxygen atoms in total. The number of aryl methyl sites for hydroxylation is 1. The van der Waals surface area contributed by atoms with Gasteiger partial charge >= 0.3 is 5.97 Å². The summed E-state index contributed by atoms with van der Waals surface area (Å²) in [6, 6.07) is 5.75. The first-order chi connectivity index (χ1) is 15.5. The lowest BCUT2D eigenvalue weighted by Crippen LogP contribution is -2.49. The third-order valence-corrected chi connectivity index (χ3v) is 6.85. The van der Waals surface area contributed by atoms with Gasteiger partial charge in [0.25, 0.3) is 17.7 Å². The molecule has 3 amide bonds. The van der Waals surface area contributed by atoms with Crippen molar-refractivity contribution in [3.8, 4) is 0 Å². The average Bonchev–Trinajstić information content (AvgIpc) is 3.01. The fraction of sp³-hybridized carbons (Fsp3) is 0.273. The standard InChI is InChI=1S/C22H18Cl4N2O5/c1-9(2)19(22(32)33-8-12(29)27-11-7-5-4-6-10(11)3)28-20(30)13-14(21(28)31)16(24)18(26)17(25)15(13)23/h4-7,9,19H,8H2,1-3H3,(H,27,29)/t19-/m1/s1. The molecule has 0 saturated heterocycles. The third kappa shape index (κ3) is 4.68. The van der Waals surface area contributed by atoms with Gasteiger partial charge < -0.3 is 10.1 Å². The normalized spacial score (nSPS) is 13.9. The Balaban J connectivity index is 1.82. The monoisotopic (exact) mass is 530 g/mol. The molecule has 174 valence electrons. The maximum atomic E-state index is 13.1. The first-order valence-electron chi connectivity index (χ1n) is 9.73. The molecule has 0 saturated carbocycles. The minimum atomic E-state index is -1.34. The van der Waals surface area contributed by atoms with E-state index >= 15 is 0 Å². The maximum absolute atomic E-state index is 13.1. The van der Waals surface area contributed by atoms with Crippen molar-refractivity contribution in [2.45, 2.75) is 26.8 Å². The van der Waals surface area contributed by atoms with Crippen LogP contribution in [0.3, 0.4) is 0 Å². The highest BCUT2D eigenvalue weighted by atomic mass is 35.5. The molecule has 0 fully saturated rings. The number of nitrogens with one attached hydrogen (secondary N) is 1. The van der Waals surface area contributed by atoms with Crippen LogP contribution in [0.2, 0.25) is 20.1 Å². The molecular formula is C22H18Cl4N2O5. The number of hydrogen-bond donors (Lipinski definition) is 1. The highest BCUT2D eigenvalue weighted by Gasteiger charge is 2.48. The number of imide groups is 1. The second kappa shape index (κ2) is 9.89. The van der Waals surface area contributed by atoms with Crippen LogP contribution in [0.25, 0.3) is 0 Å². The summed E-state index contributed by atoms with van der Waals surface area (Å²) in [5, 5.41) is 1.80. The van der Waals surface area contributed by atoms with E-state index in [1.807, 2.05) is 19.1 Å². The van der Waals surface area contributed by atoms with Gasteiger partial charge in [-0.15, -0.1) is 0 Å². The van der Waals surface area contributed by atoms with E-state index in [9.17, 15) is 19.2 Å². The van der Waals surface area contributed by atoms with E-state index in [2.05, 4.69) is 5.32 Å². The quantitative estimate of drug-likeness (QED) is 0.233. The van der Waals surface area contributed by atoms with Crippen LogP contribution in [0.4, 0.5) is 5.69 Å². The molecular weight excluding hydrogens is 514 g/mol. The van der Waals surface area contributed by atoms with Gasteiger partial charge in [0.2, 0.25) is 0 Å². The average molecular weight is 532 g/mol. The molecule has 0 aliphatic carbocycles. The summed E-state index contributed by atoms with van der Waals surface area (Å²) in [5.41, 5.74) is 0.917. The number of para-hydroxylation sites is 1. The molecule has 2 aromatic carbocycles. The lowest BCUT2D eigenvalue weighted by atomic mass is 10.0. The summed E-state index contributed by atoms with van der Waals surface area (Å²) >= 11 is 24.4. The van der Waals surface area contributed by atoms with Crippen LogP contribution in [-0.4, -0.2) is 41.2 Å². The summed E-state index contributed by atoms with van der Waals surface area (Å²) in [6.07, 6.45) is 0. The second-order valence-corrected chi connectivity index (χ2v) is 9.16. The van der Waals surface area contributed by atoms with E-state index in [-0.39, 0.29) is 31.2 Å². The first-order valence-corrected chi connectivity index (χ1v) is 11.2. The van der Waals surface area contributed by atoms with Gasteiger partial charge in [0, 0.05) is 5.69 Å². The molecule has 1 atom stereocenters. The zero-order valence-electron chi connectivity index (χ0n) is 17.7. The first kappa shape index (κ1) is 25.3. The Morgan fingerprint density at radius 2 is 1.45 bits per heavy atom. The number of benzene rings is 2. The molecule has 33 heavy (non-hydrogen) atoms. The Kier molecular flexibility index (Phi) is 7.59. The van der Waals surface area contributed by atoms with Crippen molar-refractivity contribution < 1.29 is 23.9 Å². The van der Waals surface area contributed by atoms with Gasteiger partial charge in [-0.1, -0.05) is 78.5 Å². The molecule has 0 aromatic heterocycles. The van der Waals surface area contributed by atoms with E-state index in [1.54, 1.807) is 26.0 Å². The highest BCUT2D eigenvalue weighted by molar-refractivity contribution is 6.55. The number of anilines is 1. The number of nitrogens with zero attached hydrogens (tertiary/aromatic N) is 1. The summed E-state index contributed by atoms with van der Waals surface area (Å²) < 4.78 is 5.14. The van der Waals surface area contributed by atoms with Crippen molar-refractivity contribution in [1.82, 2.24) is 4.90 Å². The topological polar surface area (TPSA) is 92.8 Å². The lowest BCUT2D eigenvalue weighted by Gasteiger charge is -2.27. The predicted molar refractivity (Wildman–Crippen MR) is 126 cm³/mol. The third-order valence-electron chi connectivity index (χ3n) is 5.05. The number of hydrogen-bond acceptors (Lipinski definition) is 5. The van der Waals surface area contributed by atoms with Crippen molar-refractivity contribution in [2.24, 2.45) is 5.92 Å². The van der Waals surface area contributed by atoms with E-state index in [0.29, 0.717) is 10.6 Å². The molecule has 3 rings (SSSR count). The van der Waals surface area contributed by atoms with Gasteiger partial charge in [-0.05, 0) is 24.5 Å². The number of rotatable bonds is 6. The van der Waals surface area contributed by atoms with E-state index in [0.717, 1.165) is 5.56 Å². The van der Waals surface area contributed by atoms with Crippen molar-refractivity contribution in [3.05, 3.63) is 61.0 Å². The predicted octanol–water partition coefficient (Wildman–Crippen LogP) is 5.41. The van der Waals surface area contributed by atoms with Crippen LogP contribution in [-0.2, 0) is 14.3 Å². The summed E-state index contributed by atoms with van der Waals surface area (Å²) in [6.45, 7) is 4.43. The molecule has 1 N–H and O–H groups in total. The largest absolute Gasteiger partial charge is 0.454 e. The number of carbonyl (C=O) groups is 4. The SMILES string of the molecule is Cc1ccccc1NC(=O)COC(=O)[C@@H](C(C)C)N1C(=O)c2c(Cl)c(Cl)c(Cl)c(Cl)c2C1=O. The smallest absolute Gasteiger partial charge is 0.330 e. The molecule has 0 radical (unpaired) electrons. The minimum absolute atomic E-state index is 0.179. The number of esters is 1. The Hall–Kier alpha value is -2.32. The van der Waals surface area contributed by atoms with Crippen LogP contribution >= 0.6 is 46.4 Å². The van der Waals surface area contributed by atoms with Gasteiger partial charge in [-0.25, -0.2) is 4.79 Å². The molecule has 0 unspecified atom stereocenters. The number of ether oxygens (including phenoxy) is 1. The zero-order chi connectivity index (χ0) is 24.6. The Morgan fingerprint density at radius 1 is 0.939 bits per heavy atom. The molecule has 1 heterocycles. The Labute approximate surface area is 209 Å². The number of fused-ring (bicyclic) bond motifs is 1. The van der Waals surface area contributed by atoms with Gasteiger partial charge in [0.15, 0.2) is 6.61 Å². The van der Waals surface area contributed by atoms with Crippen molar-refractivity contribution >= 4 is 75.8 Å². The van der Waals surface area contributed by atoms with Crippen LogP contribution in [0.1, 0.15) is 40.1 Å². The molecule has 0 bridgehead atoms. The van der Waals surface area contributed by atoms with Gasteiger partial charge in [0.05, 0.1) is 31.2 Å². The molecule has 1 aliphatic rings. The van der Waals surface area contributed by atoms with E-state index < -0.39 is 42.3 Å². The molecule has 11 heteroatoms. The van der Waals surface area contributed by atoms with Crippen LogP contribution in [0, 0.1) is 12.8 Å². The fourth-order valence-electron chi connectivity index (χ4n) is 3.42. The van der Waals surface area contributed by atoms with Gasteiger partial charge in [0.1, 0.15) is 6.04 Å². The highest BCUT2D eigenvalue weighted by Crippen LogP contribution is 2.45. The van der Waals surface area contributed by atoms with Crippen LogP contribution in [0.5, 0.6) is 0 Å². The van der Waals surface area contributed by atoms with Crippen LogP contribution in [0.15, 0.2) is 24.3 Å². The molecule has 1 aliphatic heterocycles. The number of halogens is 4. The lowest BCUT2D eigenvalue weighted by molar-refractivity contribution is -0.152. The Bertz CT molecular complexity index is 1130. The number of carbonyl (C=O) groups excluding carboxylic acids is 4. The van der Waals surface area contributed by atoms with E-state index in [4.69, 9.17) is 51.1 Å². The van der Waals surface area contributed by atoms with Crippen molar-refractivity contribution in [1.29, 1.82) is 0 Å². The summed E-state index contributed by atoms with van der Waals surface area (Å²) in [7, 11) is 0. The van der Waals surface area contributed by atoms with Crippen LogP contribution < -0.4 is 5.32 Å². The van der Waals surface area contributed by atoms with E-state index in [1.165, 1.54) is 0 Å². The van der Waals surface area contributed by atoms with Gasteiger partial charge in [-0.3, -0.25) is 19.3 Å². The fourth-order valence-corrected chi connectivity index (χ4v) is 4.43. The molecule has 2 aromatic rings. The van der Waals surface area contributed by atoms with Crippen molar-refractivity contribution in [3.63, 3.8) is 0 Å². The zero-order valence-corrected chi connectivity index (χ0v) is 20.7. The number of amides is 3.